The van der Waals surface area contributed by atoms with E-state index in [9.17, 15) is 0 Å². The highest BCUT2D eigenvalue weighted by atomic mass is 79.9. The van der Waals surface area contributed by atoms with E-state index in [1.807, 2.05) is 19.2 Å². The molecule has 1 heterocycles. The summed E-state index contributed by atoms with van der Waals surface area (Å²) in [6.07, 6.45) is 2.79. The normalized spacial score (nSPS) is 12.4. The first-order valence-electron chi connectivity index (χ1n) is 5.56. The second kappa shape index (κ2) is 6.31. The summed E-state index contributed by atoms with van der Waals surface area (Å²) in [6, 6.07) is 10.5. The maximum atomic E-state index is 4.44. The van der Waals surface area contributed by atoms with Crippen LogP contribution in [0.1, 0.15) is 21.6 Å². The van der Waals surface area contributed by atoms with Crippen LogP contribution < -0.4 is 0 Å². The average Bonchev–Trinajstić information content (AvgIpc) is 2.31. The number of halogens is 3. The minimum Gasteiger partial charge on any atom is -0.261 e. The lowest BCUT2D eigenvalue weighted by molar-refractivity contribution is 0.901. The topological polar surface area (TPSA) is 12.9 Å². The Kier molecular flexibility index (Phi) is 4.98. The van der Waals surface area contributed by atoms with Gasteiger partial charge in [-0.15, -0.1) is 0 Å². The van der Waals surface area contributed by atoms with E-state index in [2.05, 4.69) is 77.0 Å². The van der Waals surface area contributed by atoms with Crippen LogP contribution in [0.5, 0.6) is 0 Å². The van der Waals surface area contributed by atoms with Crippen LogP contribution in [0.15, 0.2) is 45.5 Å². The summed E-state index contributed by atoms with van der Waals surface area (Å²) in [6.45, 7) is 2.05. The molecule has 1 unspecified atom stereocenters. The number of benzene rings is 1. The van der Waals surface area contributed by atoms with E-state index in [0.717, 1.165) is 21.1 Å². The first-order chi connectivity index (χ1) is 8.54. The Hall–Kier alpha value is -0.190. The predicted octanol–water partition coefficient (Wildman–Crippen LogP) is 5.59. The third-order valence-corrected chi connectivity index (χ3v) is 4.38. The molecule has 0 aliphatic heterocycles. The Morgan fingerprint density at radius 3 is 2.33 bits per heavy atom. The van der Waals surface area contributed by atoms with Gasteiger partial charge in [-0.1, -0.05) is 53.9 Å². The van der Waals surface area contributed by atoms with Gasteiger partial charge in [-0.2, -0.15) is 0 Å². The number of hydrogen-bond donors (Lipinski definition) is 0. The van der Waals surface area contributed by atoms with Gasteiger partial charge in [-0.05, 0) is 42.3 Å². The van der Waals surface area contributed by atoms with Crippen LogP contribution in [0, 0.1) is 6.92 Å². The van der Waals surface area contributed by atoms with Gasteiger partial charge in [0.05, 0.1) is 0 Å². The fourth-order valence-corrected chi connectivity index (χ4v) is 3.60. The van der Waals surface area contributed by atoms with Gasteiger partial charge in [0.2, 0.25) is 0 Å². The molecule has 0 saturated heterocycles. The second-order valence-electron chi connectivity index (χ2n) is 4.20. The highest BCUT2D eigenvalue weighted by Crippen LogP contribution is 2.31. The quantitative estimate of drug-likeness (QED) is 0.574. The Labute approximate surface area is 132 Å². The van der Waals surface area contributed by atoms with Crippen molar-refractivity contribution in [2.45, 2.75) is 18.2 Å². The number of nitrogens with zero attached hydrogens (tertiary/aromatic N) is 1. The first-order valence-corrected chi connectivity index (χ1v) is 8.06. The predicted molar refractivity (Wildman–Crippen MR) is 86.2 cm³/mol. The lowest BCUT2D eigenvalue weighted by Gasteiger charge is -2.11. The molecule has 1 nitrogen and oxygen atoms in total. The summed E-state index contributed by atoms with van der Waals surface area (Å²) in [4.78, 5) is 4.70. The molecule has 0 fully saturated rings. The molecule has 0 saturated carbocycles. The van der Waals surface area contributed by atoms with E-state index >= 15 is 0 Å². The molecule has 18 heavy (non-hydrogen) atoms. The summed E-state index contributed by atoms with van der Waals surface area (Å²) in [7, 11) is 0. The molecule has 1 aromatic heterocycles. The lowest BCUT2D eigenvalue weighted by atomic mass is 10.1. The van der Waals surface area contributed by atoms with Crippen molar-refractivity contribution in [2.75, 3.05) is 0 Å². The Balaban J connectivity index is 2.16. The maximum Gasteiger partial charge on any atom is 0.0451 e. The molecule has 1 atom stereocenters. The molecular formula is C14H12Br3N. The number of pyridine rings is 1. The van der Waals surface area contributed by atoms with Gasteiger partial charge in [-0.25, -0.2) is 0 Å². The molecule has 0 aliphatic carbocycles. The van der Waals surface area contributed by atoms with Crippen molar-refractivity contribution in [1.29, 1.82) is 0 Å². The summed E-state index contributed by atoms with van der Waals surface area (Å²) in [5.41, 5.74) is 3.52. The molecule has 0 amide bonds. The van der Waals surface area contributed by atoms with E-state index < -0.39 is 0 Å². The molecular weight excluding hydrogens is 422 g/mol. The molecule has 2 aromatic rings. The van der Waals surface area contributed by atoms with E-state index in [0.29, 0.717) is 0 Å². The highest BCUT2D eigenvalue weighted by Gasteiger charge is 2.10. The second-order valence-corrected chi connectivity index (χ2v) is 7.14. The smallest absolute Gasteiger partial charge is 0.0451 e. The SMILES string of the molecule is Cc1ccc(CC(Br)c2cc(Br)cc(Br)c2)nc1. The Morgan fingerprint density at radius 1 is 1.11 bits per heavy atom. The van der Waals surface area contributed by atoms with Gasteiger partial charge in [0, 0.05) is 32.1 Å². The molecule has 4 heteroatoms. The third-order valence-electron chi connectivity index (χ3n) is 2.61. The number of rotatable bonds is 3. The van der Waals surface area contributed by atoms with Crippen molar-refractivity contribution >= 4 is 47.8 Å². The standard InChI is InChI=1S/C14H12Br3N/c1-9-2-3-13(18-8-9)7-14(17)10-4-11(15)6-12(16)5-10/h2-6,8,14H,7H2,1H3. The molecule has 0 radical (unpaired) electrons. The van der Waals surface area contributed by atoms with Crippen molar-refractivity contribution in [3.8, 4) is 0 Å². The van der Waals surface area contributed by atoms with Crippen molar-refractivity contribution in [3.63, 3.8) is 0 Å². The van der Waals surface area contributed by atoms with Crippen molar-refractivity contribution in [1.82, 2.24) is 4.98 Å². The van der Waals surface area contributed by atoms with Crippen molar-refractivity contribution < 1.29 is 0 Å². The van der Waals surface area contributed by atoms with Gasteiger partial charge in [-0.3, -0.25) is 4.98 Å². The number of aryl methyl sites for hydroxylation is 1. The van der Waals surface area contributed by atoms with Crippen LogP contribution in [0.4, 0.5) is 0 Å². The number of aromatic nitrogens is 1. The zero-order valence-corrected chi connectivity index (χ0v) is 14.6. The zero-order valence-electron chi connectivity index (χ0n) is 9.83. The Morgan fingerprint density at radius 2 is 1.78 bits per heavy atom. The van der Waals surface area contributed by atoms with Crippen LogP contribution in [0.3, 0.4) is 0 Å². The van der Waals surface area contributed by atoms with Gasteiger partial charge < -0.3 is 0 Å². The van der Waals surface area contributed by atoms with Crippen molar-refractivity contribution in [3.05, 3.63) is 62.3 Å². The number of alkyl halides is 1. The zero-order chi connectivity index (χ0) is 13.1. The first kappa shape index (κ1) is 14.2. The summed E-state index contributed by atoms with van der Waals surface area (Å²) < 4.78 is 2.15. The van der Waals surface area contributed by atoms with Crippen LogP contribution >= 0.6 is 47.8 Å². The van der Waals surface area contributed by atoms with Gasteiger partial charge in [0.25, 0.3) is 0 Å². The molecule has 1 aromatic carbocycles. The molecule has 0 bridgehead atoms. The fraction of sp³-hybridized carbons (Fsp3) is 0.214. The molecule has 0 spiro atoms. The maximum absolute atomic E-state index is 4.44. The fourth-order valence-electron chi connectivity index (χ4n) is 1.68. The van der Waals surface area contributed by atoms with Crippen LogP contribution in [-0.4, -0.2) is 4.98 Å². The van der Waals surface area contributed by atoms with Crippen LogP contribution in [-0.2, 0) is 6.42 Å². The monoisotopic (exact) mass is 431 g/mol. The summed E-state index contributed by atoms with van der Waals surface area (Å²) >= 11 is 10.7. The van der Waals surface area contributed by atoms with E-state index in [4.69, 9.17) is 0 Å². The minimum absolute atomic E-state index is 0.265. The van der Waals surface area contributed by atoms with E-state index in [-0.39, 0.29) is 4.83 Å². The largest absolute Gasteiger partial charge is 0.261 e. The van der Waals surface area contributed by atoms with Gasteiger partial charge in [0.15, 0.2) is 0 Å². The third kappa shape index (κ3) is 3.90. The lowest BCUT2D eigenvalue weighted by Crippen LogP contribution is -1.98. The molecule has 0 N–H and O–H groups in total. The van der Waals surface area contributed by atoms with E-state index in [1.165, 1.54) is 11.1 Å². The number of hydrogen-bond acceptors (Lipinski definition) is 1. The highest BCUT2D eigenvalue weighted by molar-refractivity contribution is 9.11. The van der Waals surface area contributed by atoms with Gasteiger partial charge >= 0.3 is 0 Å². The summed E-state index contributed by atoms with van der Waals surface area (Å²) in [5.74, 6) is 0. The minimum atomic E-state index is 0.265. The van der Waals surface area contributed by atoms with E-state index in [1.54, 1.807) is 0 Å². The summed E-state index contributed by atoms with van der Waals surface area (Å²) in [5, 5.41) is 0. The Bertz CT molecular complexity index is 517. The van der Waals surface area contributed by atoms with Gasteiger partial charge in [0.1, 0.15) is 0 Å². The molecule has 0 aliphatic rings. The molecule has 2 rings (SSSR count). The van der Waals surface area contributed by atoms with Crippen LogP contribution in [0.25, 0.3) is 0 Å². The van der Waals surface area contributed by atoms with Crippen LogP contribution in [0.2, 0.25) is 0 Å². The molecule has 94 valence electrons. The average molecular weight is 434 g/mol. The van der Waals surface area contributed by atoms with Crippen molar-refractivity contribution in [2.24, 2.45) is 0 Å².